The predicted octanol–water partition coefficient (Wildman–Crippen LogP) is 5.01. The summed E-state index contributed by atoms with van der Waals surface area (Å²) in [7, 11) is 4.05. The van der Waals surface area contributed by atoms with E-state index in [-0.39, 0.29) is 23.9 Å². The predicted molar refractivity (Wildman–Crippen MR) is 201 cm³/mol. The van der Waals surface area contributed by atoms with Crippen LogP contribution in [0.3, 0.4) is 0 Å². The molecule has 1 atom stereocenters. The Labute approximate surface area is 304 Å². The van der Waals surface area contributed by atoms with E-state index in [0.717, 1.165) is 29.7 Å². The minimum absolute atomic E-state index is 0.184. The second kappa shape index (κ2) is 17.0. The molecule has 0 saturated heterocycles. The fourth-order valence-corrected chi connectivity index (χ4v) is 6.44. The summed E-state index contributed by atoms with van der Waals surface area (Å²) in [5.74, 6) is -0.531. The average Bonchev–Trinajstić information content (AvgIpc) is 3.48. The zero-order valence-electron chi connectivity index (χ0n) is 30.7. The minimum atomic E-state index is -1.02. The summed E-state index contributed by atoms with van der Waals surface area (Å²) in [6.07, 6.45) is 4.91. The molecule has 0 radical (unpaired) electrons. The number of fused-ring (bicyclic) bond motifs is 1. The van der Waals surface area contributed by atoms with Crippen molar-refractivity contribution in [3.63, 3.8) is 0 Å². The number of benzene rings is 2. The van der Waals surface area contributed by atoms with Crippen molar-refractivity contribution in [2.24, 2.45) is 17.6 Å². The molecule has 52 heavy (non-hydrogen) atoms. The van der Waals surface area contributed by atoms with Gasteiger partial charge in [0.1, 0.15) is 5.60 Å². The van der Waals surface area contributed by atoms with Crippen molar-refractivity contribution in [1.82, 2.24) is 25.2 Å². The number of rotatable bonds is 13. The smallest absolute Gasteiger partial charge is 0.407 e. The molecule has 3 amide bonds. The van der Waals surface area contributed by atoms with Crippen molar-refractivity contribution in [1.29, 1.82) is 0 Å². The van der Waals surface area contributed by atoms with Crippen molar-refractivity contribution < 1.29 is 23.9 Å². The van der Waals surface area contributed by atoms with E-state index < -0.39 is 29.6 Å². The van der Waals surface area contributed by atoms with E-state index in [1.54, 1.807) is 24.4 Å². The number of imidazole rings is 1. The molecule has 13 heteroatoms. The lowest BCUT2D eigenvalue weighted by Crippen LogP contribution is -2.50. The molecular weight excluding hydrogens is 662 g/mol. The van der Waals surface area contributed by atoms with Crippen LogP contribution in [0.2, 0.25) is 0 Å². The summed E-state index contributed by atoms with van der Waals surface area (Å²) >= 11 is 0. The molecule has 13 nitrogen and oxygen atoms in total. The summed E-state index contributed by atoms with van der Waals surface area (Å²) in [4.78, 5) is 65.7. The molecule has 1 aliphatic carbocycles. The quantitative estimate of drug-likeness (QED) is 0.139. The lowest BCUT2D eigenvalue weighted by atomic mass is 9.81. The molecule has 5 rings (SSSR count). The zero-order chi connectivity index (χ0) is 37.4. The van der Waals surface area contributed by atoms with Crippen molar-refractivity contribution in [3.05, 3.63) is 76.8 Å². The van der Waals surface area contributed by atoms with Crippen LogP contribution in [-0.2, 0) is 20.7 Å². The molecule has 2 aromatic heterocycles. The molecular formula is C39H51N7O6. The third-order valence-electron chi connectivity index (χ3n) is 9.10. The maximum atomic E-state index is 14.2. The van der Waals surface area contributed by atoms with Crippen molar-refractivity contribution >= 4 is 34.6 Å². The van der Waals surface area contributed by atoms with Gasteiger partial charge in [-0.3, -0.25) is 9.59 Å². The van der Waals surface area contributed by atoms with Gasteiger partial charge in [-0.15, -0.1) is 0 Å². The van der Waals surface area contributed by atoms with Gasteiger partial charge in [-0.2, -0.15) is 0 Å². The standard InChI is InChI=1S/C39H51N7O6/c1-39(2,3)52-38(50)42-23-25-10-12-27(13-11-25)35(47)46(30-15-16-32-33(22-30)44-37(49)43-32)36(48)31(40)21-26-8-6-9-28(20-26)29-14-17-34(41-24-29)51-19-7-18-45(4)5/h6,8-9,14-17,20,22,24-25,27,31H,7,10-13,18-19,21,23,40H2,1-5H3,(H,42,50)(H2,43,44,49)/t25?,27?,31-/m0/s1. The van der Waals surface area contributed by atoms with Gasteiger partial charge in [0.2, 0.25) is 11.8 Å². The van der Waals surface area contributed by atoms with E-state index in [4.69, 9.17) is 15.2 Å². The molecule has 0 spiro atoms. The number of nitrogens with one attached hydrogen (secondary N) is 3. The number of imide groups is 1. The van der Waals surface area contributed by atoms with Gasteiger partial charge in [0.15, 0.2) is 0 Å². The molecule has 2 aromatic carbocycles. The lowest BCUT2D eigenvalue weighted by Gasteiger charge is -2.32. The molecule has 0 bridgehead atoms. The molecule has 4 aromatic rings. The monoisotopic (exact) mass is 713 g/mol. The number of nitrogens with two attached hydrogens (primary N) is 1. The van der Waals surface area contributed by atoms with Crippen LogP contribution in [0.25, 0.3) is 22.2 Å². The highest BCUT2D eigenvalue weighted by atomic mass is 16.6. The number of hydrogen-bond donors (Lipinski definition) is 4. The third kappa shape index (κ3) is 10.5. The number of H-pyrrole nitrogens is 2. The number of carbonyl (C=O) groups is 3. The highest BCUT2D eigenvalue weighted by Crippen LogP contribution is 2.32. The Bertz CT molecular complexity index is 1890. The Morgan fingerprint density at radius 3 is 2.42 bits per heavy atom. The summed E-state index contributed by atoms with van der Waals surface area (Å²) in [6, 6.07) is 15.4. The highest BCUT2D eigenvalue weighted by Gasteiger charge is 2.35. The maximum absolute atomic E-state index is 14.2. The Balaban J connectivity index is 1.27. The topological polar surface area (TPSA) is 176 Å². The van der Waals surface area contributed by atoms with Crippen LogP contribution in [-0.4, -0.2) is 83.2 Å². The number of amides is 3. The molecule has 0 aliphatic heterocycles. The van der Waals surface area contributed by atoms with Gasteiger partial charge < -0.3 is 35.4 Å². The molecule has 0 unspecified atom stereocenters. The first-order valence-electron chi connectivity index (χ1n) is 17.9. The van der Waals surface area contributed by atoms with Gasteiger partial charge in [-0.1, -0.05) is 24.3 Å². The summed E-state index contributed by atoms with van der Waals surface area (Å²) < 4.78 is 11.1. The van der Waals surface area contributed by atoms with Gasteiger partial charge in [-0.25, -0.2) is 19.5 Å². The Morgan fingerprint density at radius 2 is 1.73 bits per heavy atom. The van der Waals surface area contributed by atoms with Crippen LogP contribution in [0, 0.1) is 11.8 Å². The minimum Gasteiger partial charge on any atom is -0.478 e. The van der Waals surface area contributed by atoms with E-state index in [9.17, 15) is 19.2 Å². The highest BCUT2D eigenvalue weighted by molar-refractivity contribution is 6.17. The van der Waals surface area contributed by atoms with Crippen LogP contribution < -0.4 is 26.4 Å². The third-order valence-corrected chi connectivity index (χ3v) is 9.10. The largest absolute Gasteiger partial charge is 0.478 e. The number of nitrogens with zero attached hydrogens (tertiary/aromatic N) is 3. The fraction of sp³-hybridized carbons (Fsp3) is 0.462. The Kier molecular flexibility index (Phi) is 12.5. The van der Waals surface area contributed by atoms with Crippen LogP contribution in [0.5, 0.6) is 5.88 Å². The number of alkyl carbamates (subject to hydrolysis) is 1. The van der Waals surface area contributed by atoms with E-state index >= 15 is 0 Å². The molecule has 2 heterocycles. The van der Waals surface area contributed by atoms with E-state index in [0.29, 0.717) is 61.4 Å². The summed E-state index contributed by atoms with van der Waals surface area (Å²) in [5, 5.41) is 2.84. The van der Waals surface area contributed by atoms with Crippen molar-refractivity contribution in [2.75, 3.05) is 38.7 Å². The maximum Gasteiger partial charge on any atom is 0.407 e. The second-order valence-corrected chi connectivity index (χ2v) is 14.8. The number of carbonyl (C=O) groups excluding carboxylic acids is 3. The molecule has 1 aliphatic rings. The first-order chi connectivity index (χ1) is 24.8. The number of aromatic amines is 2. The first-order valence-corrected chi connectivity index (χ1v) is 17.9. The normalized spacial score (nSPS) is 16.8. The van der Waals surface area contributed by atoms with Crippen molar-refractivity contribution in [2.45, 2.75) is 70.9 Å². The van der Waals surface area contributed by atoms with E-state index in [1.807, 2.05) is 71.3 Å². The first kappa shape index (κ1) is 38.2. The van der Waals surface area contributed by atoms with E-state index in [1.165, 1.54) is 4.90 Å². The van der Waals surface area contributed by atoms with Crippen LogP contribution in [0.4, 0.5) is 10.5 Å². The van der Waals surface area contributed by atoms with Gasteiger partial charge in [-0.05, 0) is 115 Å². The molecule has 278 valence electrons. The Morgan fingerprint density at radius 1 is 0.981 bits per heavy atom. The molecule has 1 saturated carbocycles. The fourth-order valence-electron chi connectivity index (χ4n) is 6.44. The SMILES string of the molecule is CN(C)CCCOc1ccc(-c2cccc(C[C@H](N)C(=O)N(C(=O)C3CCC(CNC(=O)OC(C)(C)C)CC3)c3ccc4[nH]c(=O)[nH]c4c3)c2)cn1. The number of anilines is 1. The second-order valence-electron chi connectivity index (χ2n) is 14.8. The van der Waals surface area contributed by atoms with Gasteiger partial charge in [0.25, 0.3) is 5.91 Å². The van der Waals surface area contributed by atoms with Crippen molar-refractivity contribution in [3.8, 4) is 17.0 Å². The van der Waals surface area contributed by atoms with Gasteiger partial charge in [0, 0.05) is 36.8 Å². The van der Waals surface area contributed by atoms with Gasteiger partial charge >= 0.3 is 11.8 Å². The summed E-state index contributed by atoms with van der Waals surface area (Å²) in [5.41, 5.74) is 9.64. The lowest BCUT2D eigenvalue weighted by molar-refractivity contribution is -0.130. The molecule has 5 N–H and O–H groups in total. The number of hydrogen-bond acceptors (Lipinski definition) is 9. The van der Waals surface area contributed by atoms with Crippen LogP contribution >= 0.6 is 0 Å². The van der Waals surface area contributed by atoms with Gasteiger partial charge in [0.05, 0.1) is 29.4 Å². The van der Waals surface area contributed by atoms with Crippen LogP contribution in [0.15, 0.2) is 65.6 Å². The average molecular weight is 714 g/mol. The summed E-state index contributed by atoms with van der Waals surface area (Å²) in [6.45, 7) is 7.40. The van der Waals surface area contributed by atoms with Crippen LogP contribution in [0.1, 0.15) is 58.4 Å². The molecule has 1 fully saturated rings. The Hall–Kier alpha value is -5.01. The number of pyridine rings is 1. The zero-order valence-corrected chi connectivity index (χ0v) is 30.7. The number of ether oxygens (including phenoxy) is 2. The number of aromatic nitrogens is 3. The van der Waals surface area contributed by atoms with E-state index in [2.05, 4.69) is 25.2 Å².